The van der Waals surface area contributed by atoms with E-state index >= 15 is 0 Å². The zero-order chi connectivity index (χ0) is 16.7. The summed E-state index contributed by atoms with van der Waals surface area (Å²) in [6.07, 6.45) is 1.45. The van der Waals surface area contributed by atoms with Crippen molar-refractivity contribution in [3.05, 3.63) is 42.7 Å². The molecule has 2 aromatic heterocycles. The Labute approximate surface area is 139 Å². The van der Waals surface area contributed by atoms with E-state index in [0.29, 0.717) is 11.5 Å². The van der Waals surface area contributed by atoms with E-state index in [1.165, 1.54) is 6.33 Å². The Hall–Kier alpha value is -2.41. The normalized spacial score (nSPS) is 18.2. The molecule has 24 heavy (non-hydrogen) atoms. The molecule has 1 N–H and O–H groups in total. The van der Waals surface area contributed by atoms with Crippen LogP contribution in [0, 0.1) is 5.92 Å². The van der Waals surface area contributed by atoms with Crippen LogP contribution in [0.1, 0.15) is 6.92 Å². The molecule has 1 aromatic carbocycles. The second kappa shape index (κ2) is 5.59. The summed E-state index contributed by atoms with van der Waals surface area (Å²) in [5, 5.41) is 4.11. The highest BCUT2D eigenvalue weighted by molar-refractivity contribution is 7.92. The lowest BCUT2D eigenvalue weighted by Crippen LogP contribution is -2.45. The Morgan fingerprint density at radius 3 is 2.67 bits per heavy atom. The number of fused-ring (bicyclic) bond motifs is 1. The van der Waals surface area contributed by atoms with Gasteiger partial charge in [0.1, 0.15) is 17.9 Å². The number of benzene rings is 1. The van der Waals surface area contributed by atoms with Gasteiger partial charge in [-0.25, -0.2) is 18.4 Å². The summed E-state index contributed by atoms with van der Waals surface area (Å²) in [6.45, 7) is 1.98. The van der Waals surface area contributed by atoms with Gasteiger partial charge in [-0.1, -0.05) is 30.3 Å². The van der Waals surface area contributed by atoms with Crippen LogP contribution in [0.2, 0.25) is 0 Å². The number of anilines is 1. The van der Waals surface area contributed by atoms with Crippen LogP contribution >= 0.6 is 0 Å². The van der Waals surface area contributed by atoms with Gasteiger partial charge in [-0.15, -0.1) is 0 Å². The lowest BCUT2D eigenvalue weighted by Gasteiger charge is -2.31. The molecule has 1 saturated heterocycles. The Bertz CT molecular complexity index is 971. The van der Waals surface area contributed by atoms with E-state index in [1.807, 2.05) is 43.3 Å². The Kier molecular flexibility index (Phi) is 3.53. The van der Waals surface area contributed by atoms with E-state index in [9.17, 15) is 8.42 Å². The fraction of sp³-hybridized carbons (Fsp3) is 0.294. The molecule has 6 nitrogen and oxygen atoms in total. The van der Waals surface area contributed by atoms with E-state index < -0.39 is 9.84 Å². The van der Waals surface area contributed by atoms with Crippen molar-refractivity contribution in [1.82, 2.24) is 9.97 Å². The van der Waals surface area contributed by atoms with Gasteiger partial charge >= 0.3 is 0 Å². The maximum atomic E-state index is 11.4. The maximum Gasteiger partial charge on any atom is 0.231 e. The Morgan fingerprint density at radius 1 is 1.21 bits per heavy atom. The van der Waals surface area contributed by atoms with Crippen LogP contribution in [0.5, 0.6) is 0 Å². The highest BCUT2D eigenvalue weighted by Crippen LogP contribution is 2.31. The second-order valence-corrected chi connectivity index (χ2v) is 8.34. The van der Waals surface area contributed by atoms with Gasteiger partial charge in [-0.2, -0.15) is 0 Å². The van der Waals surface area contributed by atoms with Gasteiger partial charge in [0.2, 0.25) is 5.71 Å². The topological polar surface area (TPSA) is 85.1 Å². The first-order chi connectivity index (χ1) is 11.5. The monoisotopic (exact) mass is 343 g/mol. The minimum absolute atomic E-state index is 0.0155. The lowest BCUT2D eigenvalue weighted by molar-refractivity contribution is 0.484. The molecular formula is C17H17N3O3S. The van der Waals surface area contributed by atoms with E-state index in [-0.39, 0.29) is 23.5 Å². The molecule has 3 heterocycles. The molecule has 4 rings (SSSR count). The van der Waals surface area contributed by atoms with Crippen molar-refractivity contribution in [1.29, 1.82) is 0 Å². The van der Waals surface area contributed by atoms with Crippen LogP contribution in [-0.2, 0) is 9.84 Å². The van der Waals surface area contributed by atoms with Crippen molar-refractivity contribution >= 4 is 26.8 Å². The molecule has 0 radical (unpaired) electrons. The predicted octanol–water partition coefficient (Wildman–Crippen LogP) is 2.73. The van der Waals surface area contributed by atoms with Crippen molar-refractivity contribution < 1.29 is 12.8 Å². The number of nitrogens with one attached hydrogen (secondary N) is 1. The first kappa shape index (κ1) is 15.1. The highest BCUT2D eigenvalue weighted by Gasteiger charge is 2.37. The zero-order valence-corrected chi connectivity index (χ0v) is 14.0. The van der Waals surface area contributed by atoms with Crippen molar-refractivity contribution in [2.24, 2.45) is 5.92 Å². The quantitative estimate of drug-likeness (QED) is 0.784. The number of nitrogens with zero attached hydrogens (tertiary/aromatic N) is 2. The van der Waals surface area contributed by atoms with Crippen LogP contribution in [0.4, 0.5) is 5.82 Å². The largest absolute Gasteiger partial charge is 0.438 e. The van der Waals surface area contributed by atoms with Crippen LogP contribution in [0.3, 0.4) is 0 Å². The smallest absolute Gasteiger partial charge is 0.231 e. The number of sulfone groups is 1. The van der Waals surface area contributed by atoms with Gasteiger partial charge in [0.15, 0.2) is 9.84 Å². The first-order valence-electron chi connectivity index (χ1n) is 7.79. The molecule has 0 amide bonds. The number of rotatable bonds is 4. The standard InChI is InChI=1S/C17H17N3O3S/c1-11(13-8-24(21,22)9-13)20-16-14-7-15(12-5-3-2-4-6-12)23-17(14)19-10-18-16/h2-7,10-11,13H,8-9H2,1H3,(H,18,19,20). The molecule has 1 atom stereocenters. The van der Waals surface area contributed by atoms with E-state index in [4.69, 9.17) is 4.42 Å². The molecule has 0 saturated carbocycles. The highest BCUT2D eigenvalue weighted by atomic mass is 32.2. The number of aromatic nitrogens is 2. The molecule has 1 fully saturated rings. The van der Waals surface area contributed by atoms with Gasteiger partial charge in [0.05, 0.1) is 16.9 Å². The van der Waals surface area contributed by atoms with Crippen LogP contribution in [-0.4, -0.2) is 35.9 Å². The van der Waals surface area contributed by atoms with Crippen molar-refractivity contribution in [3.8, 4) is 11.3 Å². The summed E-state index contributed by atoms with van der Waals surface area (Å²) in [5.41, 5.74) is 1.49. The average Bonchev–Trinajstić information content (AvgIpc) is 2.98. The van der Waals surface area contributed by atoms with Crippen LogP contribution in [0.25, 0.3) is 22.4 Å². The van der Waals surface area contributed by atoms with Crippen molar-refractivity contribution in [2.45, 2.75) is 13.0 Å². The minimum atomic E-state index is -2.83. The molecular weight excluding hydrogens is 326 g/mol. The molecule has 1 unspecified atom stereocenters. The molecule has 3 aromatic rings. The molecule has 0 bridgehead atoms. The van der Waals surface area contributed by atoms with E-state index in [0.717, 1.165) is 16.7 Å². The zero-order valence-electron chi connectivity index (χ0n) is 13.1. The van der Waals surface area contributed by atoms with Gasteiger partial charge < -0.3 is 9.73 Å². The van der Waals surface area contributed by atoms with Gasteiger partial charge in [-0.3, -0.25) is 0 Å². The first-order valence-corrected chi connectivity index (χ1v) is 9.61. The molecule has 1 aliphatic rings. The fourth-order valence-electron chi connectivity index (χ4n) is 2.94. The third-order valence-corrected chi connectivity index (χ3v) is 6.27. The molecule has 124 valence electrons. The second-order valence-electron chi connectivity index (χ2n) is 6.19. The van der Waals surface area contributed by atoms with Crippen LogP contribution in [0.15, 0.2) is 47.1 Å². The lowest BCUT2D eigenvalue weighted by atomic mass is 10.1. The average molecular weight is 343 g/mol. The van der Waals surface area contributed by atoms with Crippen molar-refractivity contribution in [3.63, 3.8) is 0 Å². The van der Waals surface area contributed by atoms with E-state index in [2.05, 4.69) is 15.3 Å². The van der Waals surface area contributed by atoms with E-state index in [1.54, 1.807) is 0 Å². The molecule has 0 aliphatic carbocycles. The number of hydrogen-bond donors (Lipinski definition) is 1. The molecule has 0 spiro atoms. The number of hydrogen-bond acceptors (Lipinski definition) is 6. The fourth-order valence-corrected chi connectivity index (χ4v) is 4.73. The Balaban J connectivity index is 1.63. The third kappa shape index (κ3) is 2.75. The maximum absolute atomic E-state index is 11.4. The van der Waals surface area contributed by atoms with Gasteiger partial charge in [0, 0.05) is 17.5 Å². The minimum Gasteiger partial charge on any atom is -0.438 e. The van der Waals surface area contributed by atoms with Crippen molar-refractivity contribution in [2.75, 3.05) is 16.8 Å². The SMILES string of the molecule is CC(Nc1ncnc2oc(-c3ccccc3)cc12)C1CS(=O)(=O)C1. The van der Waals surface area contributed by atoms with Gasteiger partial charge in [-0.05, 0) is 13.0 Å². The summed E-state index contributed by atoms with van der Waals surface area (Å²) in [7, 11) is -2.83. The third-order valence-electron chi connectivity index (χ3n) is 4.40. The number of furan rings is 1. The summed E-state index contributed by atoms with van der Waals surface area (Å²) < 4.78 is 28.5. The predicted molar refractivity (Wildman–Crippen MR) is 92.5 cm³/mol. The Morgan fingerprint density at radius 2 is 1.96 bits per heavy atom. The van der Waals surface area contributed by atoms with Gasteiger partial charge in [0.25, 0.3) is 0 Å². The summed E-state index contributed by atoms with van der Waals surface area (Å²) >= 11 is 0. The molecule has 1 aliphatic heterocycles. The summed E-state index contributed by atoms with van der Waals surface area (Å²) in [4.78, 5) is 8.48. The van der Waals surface area contributed by atoms with Crippen LogP contribution < -0.4 is 5.32 Å². The molecule has 7 heteroatoms. The summed E-state index contributed by atoms with van der Waals surface area (Å²) in [6, 6.07) is 11.7. The summed E-state index contributed by atoms with van der Waals surface area (Å²) in [5.74, 6) is 1.97.